The van der Waals surface area contributed by atoms with Crippen LogP contribution in [0.4, 0.5) is 4.79 Å². The van der Waals surface area contributed by atoms with Crippen LogP contribution in [0, 0.1) is 0 Å². The van der Waals surface area contributed by atoms with E-state index in [1.807, 2.05) is 0 Å². The Hall–Kier alpha value is -1.01. The van der Waals surface area contributed by atoms with Gasteiger partial charge in [0.1, 0.15) is 6.04 Å². The highest BCUT2D eigenvalue weighted by atomic mass is 35.5. The van der Waals surface area contributed by atoms with Crippen LogP contribution < -0.4 is 11.1 Å². The number of carbonyl (C=O) groups is 2. The molecular weight excluding hydrogens is 368 g/mol. The number of carboxylic acid groups (broad SMARTS) is 1. The van der Waals surface area contributed by atoms with E-state index in [1.165, 1.54) is 77.0 Å². The highest BCUT2D eigenvalue weighted by Crippen LogP contribution is 2.12. The van der Waals surface area contributed by atoms with Crippen LogP contribution in [-0.4, -0.2) is 36.4 Å². The van der Waals surface area contributed by atoms with Gasteiger partial charge in [0.2, 0.25) is 0 Å². The summed E-state index contributed by atoms with van der Waals surface area (Å²) in [7, 11) is 0. The lowest BCUT2D eigenvalue weighted by atomic mass is 10.0. The van der Waals surface area contributed by atoms with E-state index in [0.29, 0.717) is 6.61 Å². The Balaban J connectivity index is 0. The van der Waals surface area contributed by atoms with Crippen LogP contribution in [0.3, 0.4) is 0 Å². The van der Waals surface area contributed by atoms with Gasteiger partial charge in [-0.1, -0.05) is 90.4 Å². The molecule has 4 N–H and O–H groups in total. The number of nitrogens with one attached hydrogen (secondary N) is 1. The predicted molar refractivity (Wildman–Crippen MR) is 113 cm³/mol. The molecule has 7 heteroatoms. The van der Waals surface area contributed by atoms with E-state index in [-0.39, 0.29) is 19.0 Å². The highest BCUT2D eigenvalue weighted by Gasteiger charge is 2.12. The molecule has 0 heterocycles. The van der Waals surface area contributed by atoms with E-state index in [1.54, 1.807) is 0 Å². The van der Waals surface area contributed by atoms with Crippen molar-refractivity contribution in [2.24, 2.45) is 5.73 Å². The zero-order valence-corrected chi connectivity index (χ0v) is 17.9. The fourth-order valence-electron chi connectivity index (χ4n) is 2.79. The molecule has 0 aromatic heterocycles. The van der Waals surface area contributed by atoms with Crippen LogP contribution in [-0.2, 0) is 9.53 Å². The average Bonchev–Trinajstić information content (AvgIpc) is 2.62. The Morgan fingerprint density at radius 3 is 1.67 bits per heavy atom. The number of alkyl carbamates (subject to hydrolysis) is 1. The molecule has 6 nitrogen and oxygen atoms in total. The molecule has 0 rings (SSSR count). The topological polar surface area (TPSA) is 102 Å². The van der Waals surface area contributed by atoms with Crippen molar-refractivity contribution < 1.29 is 19.4 Å². The number of rotatable bonds is 18. The van der Waals surface area contributed by atoms with Crippen molar-refractivity contribution in [3.63, 3.8) is 0 Å². The van der Waals surface area contributed by atoms with Crippen molar-refractivity contribution in [1.29, 1.82) is 0 Å². The van der Waals surface area contributed by atoms with E-state index in [2.05, 4.69) is 12.2 Å². The van der Waals surface area contributed by atoms with Gasteiger partial charge in [0.05, 0.1) is 6.61 Å². The van der Waals surface area contributed by atoms with Crippen LogP contribution >= 0.6 is 12.4 Å². The second-order valence-electron chi connectivity index (χ2n) is 7.06. The maximum absolute atomic E-state index is 11.3. The van der Waals surface area contributed by atoms with Crippen LogP contribution in [0.5, 0.6) is 0 Å². The SMILES string of the molecule is CCCCCCCCCCCCCCCCOC(=O)NCC(N)C(=O)O.Cl. The molecule has 162 valence electrons. The van der Waals surface area contributed by atoms with Gasteiger partial charge in [0.25, 0.3) is 0 Å². The normalized spacial score (nSPS) is 11.5. The third-order valence-corrected chi connectivity index (χ3v) is 4.51. The van der Waals surface area contributed by atoms with E-state index in [0.717, 1.165) is 12.8 Å². The third-order valence-electron chi connectivity index (χ3n) is 4.51. The summed E-state index contributed by atoms with van der Waals surface area (Å²) in [6, 6.07) is -1.09. The Bertz CT molecular complexity index is 357. The zero-order chi connectivity index (χ0) is 19.5. The molecule has 0 fully saturated rings. The van der Waals surface area contributed by atoms with Gasteiger partial charge in [0.15, 0.2) is 0 Å². The van der Waals surface area contributed by atoms with Crippen molar-refractivity contribution in [3.05, 3.63) is 0 Å². The molecule has 1 atom stereocenters. The fourth-order valence-corrected chi connectivity index (χ4v) is 2.79. The van der Waals surface area contributed by atoms with Crippen LogP contribution in [0.1, 0.15) is 96.8 Å². The number of hydrogen-bond acceptors (Lipinski definition) is 4. The monoisotopic (exact) mass is 408 g/mol. The van der Waals surface area contributed by atoms with Gasteiger partial charge < -0.3 is 20.9 Å². The number of hydrogen-bond donors (Lipinski definition) is 3. The number of unbranched alkanes of at least 4 members (excludes halogenated alkanes) is 13. The molecule has 27 heavy (non-hydrogen) atoms. The van der Waals surface area contributed by atoms with Gasteiger partial charge in [-0.2, -0.15) is 0 Å². The van der Waals surface area contributed by atoms with Gasteiger partial charge in [-0.05, 0) is 6.42 Å². The minimum absolute atomic E-state index is 0. The summed E-state index contributed by atoms with van der Waals surface area (Å²) in [5, 5.41) is 10.9. The lowest BCUT2D eigenvalue weighted by Gasteiger charge is -2.09. The van der Waals surface area contributed by atoms with Crippen LogP contribution in [0.25, 0.3) is 0 Å². The van der Waals surface area contributed by atoms with Crippen LogP contribution in [0.15, 0.2) is 0 Å². The lowest BCUT2D eigenvalue weighted by molar-refractivity contribution is -0.138. The van der Waals surface area contributed by atoms with Crippen LogP contribution in [0.2, 0.25) is 0 Å². The molecule has 1 amide bonds. The van der Waals surface area contributed by atoms with E-state index < -0.39 is 18.1 Å². The molecule has 0 radical (unpaired) electrons. The molecule has 0 aromatic rings. The smallest absolute Gasteiger partial charge is 0.407 e. The van der Waals surface area contributed by atoms with Crippen molar-refractivity contribution in [2.45, 2.75) is 103 Å². The van der Waals surface area contributed by atoms with Crippen molar-refractivity contribution in [3.8, 4) is 0 Å². The number of carboxylic acids is 1. The van der Waals surface area contributed by atoms with Gasteiger partial charge in [-0.3, -0.25) is 4.79 Å². The lowest BCUT2D eigenvalue weighted by Crippen LogP contribution is -2.42. The molecule has 0 aliphatic rings. The first-order valence-corrected chi connectivity index (χ1v) is 10.5. The fraction of sp³-hybridized carbons (Fsp3) is 0.900. The minimum atomic E-state index is -1.14. The molecule has 0 aliphatic heterocycles. The molecule has 0 aromatic carbocycles. The summed E-state index contributed by atoms with van der Waals surface area (Å²) in [6.45, 7) is 2.50. The maximum atomic E-state index is 11.3. The number of ether oxygens (including phenoxy) is 1. The molecule has 1 unspecified atom stereocenters. The van der Waals surface area contributed by atoms with Gasteiger partial charge >= 0.3 is 12.1 Å². The maximum Gasteiger partial charge on any atom is 0.407 e. The average molecular weight is 409 g/mol. The second kappa shape index (κ2) is 21.3. The second-order valence-corrected chi connectivity index (χ2v) is 7.06. The highest BCUT2D eigenvalue weighted by molar-refractivity contribution is 5.85. The predicted octanol–water partition coefficient (Wildman–Crippen LogP) is 5.03. The largest absolute Gasteiger partial charge is 0.480 e. The Kier molecular flexibility index (Phi) is 22.2. The van der Waals surface area contributed by atoms with Gasteiger partial charge in [0, 0.05) is 6.54 Å². The molecule has 0 aliphatic carbocycles. The number of carbonyl (C=O) groups excluding carboxylic acids is 1. The molecule has 0 bridgehead atoms. The third kappa shape index (κ3) is 21.2. The first-order valence-electron chi connectivity index (χ1n) is 10.5. The van der Waals surface area contributed by atoms with Gasteiger partial charge in [-0.25, -0.2) is 4.79 Å². The number of nitrogens with two attached hydrogens (primary N) is 1. The summed E-state index contributed by atoms with van der Waals surface area (Å²) >= 11 is 0. The van der Waals surface area contributed by atoms with E-state index in [4.69, 9.17) is 15.6 Å². The van der Waals surface area contributed by atoms with E-state index in [9.17, 15) is 9.59 Å². The quantitative estimate of drug-likeness (QED) is 0.276. The number of aliphatic carboxylic acids is 1. The Labute approximate surface area is 171 Å². The van der Waals surface area contributed by atoms with Gasteiger partial charge in [-0.15, -0.1) is 12.4 Å². The molecule has 0 saturated heterocycles. The number of amides is 1. The van der Waals surface area contributed by atoms with Crippen molar-refractivity contribution in [1.82, 2.24) is 5.32 Å². The summed E-state index contributed by atoms with van der Waals surface area (Å²) in [6.07, 6.45) is 17.4. The molecular formula is C20H41ClN2O4. The molecule has 0 spiro atoms. The molecule has 0 saturated carbocycles. The summed E-state index contributed by atoms with van der Waals surface area (Å²) in [4.78, 5) is 21.8. The standard InChI is InChI=1S/C20H40N2O4.ClH/c1-2-3-4-5-6-7-8-9-10-11-12-13-14-15-16-26-20(25)22-17-18(21)19(23)24;/h18H,2-17,21H2,1H3,(H,22,25)(H,23,24);1H. The van der Waals surface area contributed by atoms with Crippen molar-refractivity contribution in [2.75, 3.05) is 13.2 Å². The zero-order valence-electron chi connectivity index (χ0n) is 17.0. The number of halogens is 1. The minimum Gasteiger partial charge on any atom is -0.480 e. The van der Waals surface area contributed by atoms with Crippen molar-refractivity contribution >= 4 is 24.5 Å². The summed E-state index contributed by atoms with van der Waals surface area (Å²) in [5.74, 6) is -1.14. The Morgan fingerprint density at radius 2 is 1.26 bits per heavy atom. The summed E-state index contributed by atoms with van der Waals surface area (Å²) < 4.78 is 4.98. The first-order chi connectivity index (χ1) is 12.6. The summed E-state index contributed by atoms with van der Waals surface area (Å²) in [5.41, 5.74) is 5.28. The Morgan fingerprint density at radius 1 is 0.852 bits per heavy atom. The first kappa shape index (κ1) is 28.2. The van der Waals surface area contributed by atoms with E-state index >= 15 is 0 Å².